The van der Waals surface area contributed by atoms with Gasteiger partial charge < -0.3 is 5.32 Å². The van der Waals surface area contributed by atoms with Gasteiger partial charge in [-0.2, -0.15) is 0 Å². The highest BCUT2D eigenvalue weighted by atomic mass is 32.1. The van der Waals surface area contributed by atoms with E-state index in [1.165, 1.54) is 11.8 Å². The van der Waals surface area contributed by atoms with Crippen molar-refractivity contribution in [2.45, 2.75) is 38.8 Å². The molecule has 2 unspecified atom stereocenters. The van der Waals surface area contributed by atoms with E-state index in [1.54, 1.807) is 11.3 Å². The summed E-state index contributed by atoms with van der Waals surface area (Å²) in [5, 5.41) is 4.87. The third kappa shape index (κ3) is 3.72. The van der Waals surface area contributed by atoms with E-state index in [4.69, 9.17) is 0 Å². The highest BCUT2D eigenvalue weighted by Crippen LogP contribution is 2.11. The minimum atomic E-state index is -2.29. The number of alkyl halides is 2. The second-order valence-electron chi connectivity index (χ2n) is 3.47. The Balaban J connectivity index is 2.32. The zero-order chi connectivity index (χ0) is 10.6. The molecule has 4 heteroatoms. The van der Waals surface area contributed by atoms with Gasteiger partial charge >= 0.3 is 0 Å². The van der Waals surface area contributed by atoms with Gasteiger partial charge in [0.15, 0.2) is 0 Å². The van der Waals surface area contributed by atoms with Crippen molar-refractivity contribution in [1.82, 2.24) is 5.32 Å². The Morgan fingerprint density at radius 3 is 2.64 bits per heavy atom. The van der Waals surface area contributed by atoms with E-state index in [0.29, 0.717) is 0 Å². The Bertz CT molecular complexity index is 249. The van der Waals surface area contributed by atoms with Gasteiger partial charge in [-0.1, -0.05) is 6.07 Å². The van der Waals surface area contributed by atoms with Crippen LogP contribution in [0.2, 0.25) is 0 Å². The lowest BCUT2D eigenvalue weighted by molar-refractivity contribution is 0.101. The summed E-state index contributed by atoms with van der Waals surface area (Å²) in [5.74, 6) is 0. The zero-order valence-corrected chi connectivity index (χ0v) is 9.15. The van der Waals surface area contributed by atoms with Crippen LogP contribution in [0.5, 0.6) is 0 Å². The normalized spacial score (nSPS) is 15.8. The van der Waals surface area contributed by atoms with Crippen LogP contribution in [0.4, 0.5) is 8.78 Å². The molecule has 0 saturated carbocycles. The van der Waals surface area contributed by atoms with Crippen molar-refractivity contribution in [3.63, 3.8) is 0 Å². The number of halogens is 2. The van der Waals surface area contributed by atoms with E-state index in [1.807, 2.05) is 24.4 Å². The average Bonchev–Trinajstić information content (AvgIpc) is 2.56. The Hall–Kier alpha value is -0.480. The minimum absolute atomic E-state index is 0.0950. The molecule has 1 heterocycles. The Morgan fingerprint density at radius 2 is 2.14 bits per heavy atom. The average molecular weight is 219 g/mol. The van der Waals surface area contributed by atoms with Crippen LogP contribution in [0, 0.1) is 0 Å². The zero-order valence-electron chi connectivity index (χ0n) is 8.34. The Kier molecular flexibility index (Phi) is 4.48. The first-order chi connectivity index (χ1) is 6.59. The summed E-state index contributed by atoms with van der Waals surface area (Å²) in [6.07, 6.45) is -1.48. The first-order valence-corrected chi connectivity index (χ1v) is 5.54. The van der Waals surface area contributed by atoms with Gasteiger partial charge in [0.05, 0.1) is 6.04 Å². The van der Waals surface area contributed by atoms with Crippen molar-refractivity contribution < 1.29 is 8.78 Å². The van der Waals surface area contributed by atoms with E-state index in [9.17, 15) is 8.78 Å². The van der Waals surface area contributed by atoms with Crippen molar-refractivity contribution in [2.75, 3.05) is 0 Å². The second kappa shape index (κ2) is 5.41. The Morgan fingerprint density at radius 1 is 1.43 bits per heavy atom. The summed E-state index contributed by atoms with van der Waals surface area (Å²) >= 11 is 1.66. The molecule has 0 fully saturated rings. The maximum atomic E-state index is 12.2. The summed E-state index contributed by atoms with van der Waals surface area (Å²) in [5.41, 5.74) is 0. The van der Waals surface area contributed by atoms with E-state index >= 15 is 0 Å². The van der Waals surface area contributed by atoms with Gasteiger partial charge in [-0.3, -0.25) is 0 Å². The molecule has 1 aromatic rings. The molecule has 14 heavy (non-hydrogen) atoms. The quantitative estimate of drug-likeness (QED) is 0.803. The van der Waals surface area contributed by atoms with Crippen molar-refractivity contribution in [3.8, 4) is 0 Å². The molecule has 0 spiro atoms. The van der Waals surface area contributed by atoms with Crippen LogP contribution in [0.15, 0.2) is 17.5 Å². The Labute approximate surface area is 87.1 Å². The lowest BCUT2D eigenvalue weighted by atomic mass is 10.2. The summed E-state index contributed by atoms with van der Waals surface area (Å²) in [7, 11) is 0. The number of thiophene rings is 1. The molecule has 0 saturated heterocycles. The van der Waals surface area contributed by atoms with Crippen molar-refractivity contribution in [2.24, 2.45) is 0 Å². The molecule has 0 radical (unpaired) electrons. The standard InChI is InChI=1S/C10H15F2NS/c1-7(13-8(2)10(11)12)6-9-4-3-5-14-9/h3-5,7-8,10,13H,6H2,1-2H3. The van der Waals surface area contributed by atoms with Crippen molar-refractivity contribution in [1.29, 1.82) is 0 Å². The molecule has 2 atom stereocenters. The number of rotatable bonds is 5. The van der Waals surface area contributed by atoms with Crippen molar-refractivity contribution >= 4 is 11.3 Å². The highest BCUT2D eigenvalue weighted by Gasteiger charge is 2.16. The molecule has 0 aliphatic rings. The van der Waals surface area contributed by atoms with Crippen molar-refractivity contribution in [3.05, 3.63) is 22.4 Å². The van der Waals surface area contributed by atoms with Crippen LogP contribution in [-0.4, -0.2) is 18.5 Å². The molecule has 0 amide bonds. The monoisotopic (exact) mass is 219 g/mol. The first-order valence-electron chi connectivity index (χ1n) is 4.66. The predicted molar refractivity (Wildman–Crippen MR) is 56.1 cm³/mol. The maximum absolute atomic E-state index is 12.2. The van der Waals surface area contributed by atoms with Crippen LogP contribution in [0.1, 0.15) is 18.7 Å². The second-order valence-corrected chi connectivity index (χ2v) is 4.51. The lowest BCUT2D eigenvalue weighted by Crippen LogP contribution is -2.40. The maximum Gasteiger partial charge on any atom is 0.253 e. The molecule has 0 aromatic carbocycles. The molecule has 0 aliphatic carbocycles. The summed E-state index contributed by atoms with van der Waals surface area (Å²) in [6, 6.07) is 3.36. The SMILES string of the molecule is CC(Cc1cccs1)NC(C)C(F)F. The van der Waals surface area contributed by atoms with Gasteiger partial charge in [0.1, 0.15) is 0 Å². The first kappa shape index (κ1) is 11.6. The van der Waals surface area contributed by atoms with Crippen LogP contribution in [0.25, 0.3) is 0 Å². The smallest absolute Gasteiger partial charge is 0.253 e. The van der Waals surface area contributed by atoms with Crippen LogP contribution in [-0.2, 0) is 6.42 Å². The molecular formula is C10H15F2NS. The number of nitrogens with one attached hydrogen (secondary N) is 1. The minimum Gasteiger partial charge on any atom is -0.306 e. The van der Waals surface area contributed by atoms with Gasteiger partial charge in [0, 0.05) is 10.9 Å². The number of hydrogen-bond acceptors (Lipinski definition) is 2. The van der Waals surface area contributed by atoms with Crippen LogP contribution < -0.4 is 5.32 Å². The molecule has 1 rings (SSSR count). The molecule has 0 bridgehead atoms. The summed E-state index contributed by atoms with van der Waals surface area (Å²) in [6.45, 7) is 3.44. The fraction of sp³-hybridized carbons (Fsp3) is 0.600. The van der Waals surface area contributed by atoms with Gasteiger partial charge in [-0.05, 0) is 31.7 Å². The van der Waals surface area contributed by atoms with Crippen LogP contribution >= 0.6 is 11.3 Å². The van der Waals surface area contributed by atoms with E-state index < -0.39 is 12.5 Å². The topological polar surface area (TPSA) is 12.0 Å². The fourth-order valence-electron chi connectivity index (χ4n) is 1.31. The van der Waals surface area contributed by atoms with Gasteiger partial charge in [0.25, 0.3) is 6.43 Å². The highest BCUT2D eigenvalue weighted by molar-refractivity contribution is 7.09. The summed E-state index contributed by atoms with van der Waals surface area (Å²) in [4.78, 5) is 1.23. The third-order valence-corrected chi connectivity index (χ3v) is 2.91. The van der Waals surface area contributed by atoms with Gasteiger partial charge in [-0.25, -0.2) is 8.78 Å². The van der Waals surface area contributed by atoms with E-state index in [0.717, 1.165) is 6.42 Å². The molecule has 1 N–H and O–H groups in total. The predicted octanol–water partition coefficient (Wildman–Crippen LogP) is 2.92. The number of hydrogen-bond donors (Lipinski definition) is 1. The largest absolute Gasteiger partial charge is 0.306 e. The van der Waals surface area contributed by atoms with Gasteiger partial charge in [0.2, 0.25) is 0 Å². The molecule has 0 aliphatic heterocycles. The molecule has 1 aromatic heterocycles. The van der Waals surface area contributed by atoms with Gasteiger partial charge in [-0.15, -0.1) is 11.3 Å². The molecular weight excluding hydrogens is 204 g/mol. The molecule has 1 nitrogen and oxygen atoms in total. The van der Waals surface area contributed by atoms with E-state index in [2.05, 4.69) is 5.32 Å². The van der Waals surface area contributed by atoms with E-state index in [-0.39, 0.29) is 6.04 Å². The third-order valence-electron chi connectivity index (χ3n) is 2.01. The molecule has 80 valence electrons. The fourth-order valence-corrected chi connectivity index (χ4v) is 2.15. The lowest BCUT2D eigenvalue weighted by Gasteiger charge is -2.18. The van der Waals surface area contributed by atoms with Crippen LogP contribution in [0.3, 0.4) is 0 Å². The summed E-state index contributed by atoms with van der Waals surface area (Å²) < 4.78 is 24.4.